The van der Waals surface area contributed by atoms with Crippen molar-refractivity contribution in [2.24, 2.45) is 0 Å². The maximum absolute atomic E-state index is 11.0. The average molecular weight is 254 g/mol. The zero-order valence-corrected chi connectivity index (χ0v) is 9.65. The molecule has 0 fully saturated rings. The zero-order chi connectivity index (χ0) is 10.1. The Morgan fingerprint density at radius 1 is 1.36 bits per heavy atom. The summed E-state index contributed by atoms with van der Waals surface area (Å²) in [6.45, 7) is 1.55. The van der Waals surface area contributed by atoms with Gasteiger partial charge in [0.15, 0.2) is 0 Å². The second kappa shape index (κ2) is 3.73. The Morgan fingerprint density at radius 2 is 2.07 bits per heavy atom. The summed E-state index contributed by atoms with van der Waals surface area (Å²) in [4.78, 5) is 11.0. The van der Waals surface area contributed by atoms with Crippen LogP contribution >= 0.6 is 15.9 Å². The number of amides is 1. The van der Waals surface area contributed by atoms with Crippen molar-refractivity contribution < 1.29 is 4.79 Å². The first kappa shape index (κ1) is 9.71. The van der Waals surface area contributed by atoms with Crippen molar-refractivity contribution in [2.75, 3.05) is 5.32 Å². The Morgan fingerprint density at radius 3 is 2.79 bits per heavy atom. The third-order valence-electron chi connectivity index (χ3n) is 2.54. The first-order chi connectivity index (χ1) is 6.68. The number of hydrogen-bond donors (Lipinski definition) is 1. The molecule has 2 rings (SSSR count). The minimum absolute atomic E-state index is 0.00132. The average Bonchev–Trinajstić information content (AvgIpc) is 2.58. The van der Waals surface area contributed by atoms with Gasteiger partial charge in [0.05, 0.1) is 0 Å². The van der Waals surface area contributed by atoms with Gasteiger partial charge in [0.2, 0.25) is 5.91 Å². The predicted octanol–water partition coefficient (Wildman–Crippen LogP) is 2.90. The van der Waals surface area contributed by atoms with Crippen LogP contribution in [0.25, 0.3) is 0 Å². The molecule has 0 spiro atoms. The number of halogens is 1. The number of anilines is 1. The highest BCUT2D eigenvalue weighted by Crippen LogP contribution is 2.34. The molecule has 1 aromatic rings. The lowest BCUT2D eigenvalue weighted by molar-refractivity contribution is -0.114. The molecule has 0 atom stereocenters. The molecule has 1 N–H and O–H groups in total. The summed E-state index contributed by atoms with van der Waals surface area (Å²) in [5, 5.41) is 2.87. The van der Waals surface area contributed by atoms with Crippen molar-refractivity contribution in [1.82, 2.24) is 0 Å². The van der Waals surface area contributed by atoms with Gasteiger partial charge >= 0.3 is 0 Å². The Bertz CT molecular complexity index is 387. The number of rotatable bonds is 1. The lowest BCUT2D eigenvalue weighted by atomic mass is 10.1. The summed E-state index contributed by atoms with van der Waals surface area (Å²) in [7, 11) is 0. The fraction of sp³-hybridized carbons (Fsp3) is 0.364. The molecule has 0 heterocycles. The third kappa shape index (κ3) is 1.69. The fourth-order valence-electron chi connectivity index (χ4n) is 1.97. The van der Waals surface area contributed by atoms with E-state index in [9.17, 15) is 4.79 Å². The highest BCUT2D eigenvalue weighted by atomic mass is 79.9. The third-order valence-corrected chi connectivity index (χ3v) is 3.28. The van der Waals surface area contributed by atoms with Crippen LogP contribution in [0.3, 0.4) is 0 Å². The number of fused-ring (bicyclic) bond motifs is 1. The highest BCUT2D eigenvalue weighted by Gasteiger charge is 2.17. The van der Waals surface area contributed by atoms with E-state index in [4.69, 9.17) is 0 Å². The molecule has 1 aromatic carbocycles. The monoisotopic (exact) mass is 253 g/mol. The van der Waals surface area contributed by atoms with E-state index in [1.165, 1.54) is 22.0 Å². The van der Waals surface area contributed by atoms with Gasteiger partial charge in [-0.1, -0.05) is 15.9 Å². The van der Waals surface area contributed by atoms with Gasteiger partial charge in [0.1, 0.15) is 0 Å². The fourth-order valence-corrected chi connectivity index (χ4v) is 2.54. The van der Waals surface area contributed by atoms with E-state index >= 15 is 0 Å². The van der Waals surface area contributed by atoms with Crippen LogP contribution in [0.5, 0.6) is 0 Å². The summed E-state index contributed by atoms with van der Waals surface area (Å²) in [5.74, 6) is 0.00132. The van der Waals surface area contributed by atoms with Gasteiger partial charge < -0.3 is 5.32 Å². The molecule has 14 heavy (non-hydrogen) atoms. The van der Waals surface area contributed by atoms with Gasteiger partial charge in [-0.05, 0) is 42.5 Å². The number of carbonyl (C=O) groups is 1. The normalized spacial score (nSPS) is 13.9. The summed E-state index contributed by atoms with van der Waals surface area (Å²) in [6, 6.07) is 3.98. The van der Waals surface area contributed by atoms with Crippen LogP contribution in [0, 0.1) is 0 Å². The predicted molar refractivity (Wildman–Crippen MR) is 60.5 cm³/mol. The van der Waals surface area contributed by atoms with Gasteiger partial charge in [-0.25, -0.2) is 0 Å². The van der Waals surface area contributed by atoms with Crippen LogP contribution in [-0.4, -0.2) is 5.91 Å². The van der Waals surface area contributed by atoms with E-state index < -0.39 is 0 Å². The molecule has 0 unspecified atom stereocenters. The van der Waals surface area contributed by atoms with Gasteiger partial charge in [-0.15, -0.1) is 0 Å². The Kier molecular flexibility index (Phi) is 2.59. The molecule has 0 saturated heterocycles. The minimum atomic E-state index is 0.00132. The molecular formula is C11H12BrNO. The zero-order valence-electron chi connectivity index (χ0n) is 8.06. The first-order valence-corrected chi connectivity index (χ1v) is 5.55. The van der Waals surface area contributed by atoms with Crippen LogP contribution in [0.15, 0.2) is 16.6 Å². The SMILES string of the molecule is CC(=O)Nc1ccc(Br)c2c1CCC2. The van der Waals surface area contributed by atoms with Crippen molar-refractivity contribution in [3.8, 4) is 0 Å². The number of nitrogens with one attached hydrogen (secondary N) is 1. The summed E-state index contributed by atoms with van der Waals surface area (Å²) in [6.07, 6.45) is 3.37. The minimum Gasteiger partial charge on any atom is -0.326 e. The van der Waals surface area contributed by atoms with Gasteiger partial charge in [0, 0.05) is 17.1 Å². The number of carbonyl (C=O) groups excluding carboxylic acids is 1. The molecule has 0 aromatic heterocycles. The van der Waals surface area contributed by atoms with Crippen molar-refractivity contribution >= 4 is 27.5 Å². The lowest BCUT2D eigenvalue weighted by Gasteiger charge is -2.09. The smallest absolute Gasteiger partial charge is 0.221 e. The largest absolute Gasteiger partial charge is 0.326 e. The van der Waals surface area contributed by atoms with Crippen molar-refractivity contribution in [3.63, 3.8) is 0 Å². The van der Waals surface area contributed by atoms with Crippen LogP contribution in [-0.2, 0) is 17.6 Å². The van der Waals surface area contributed by atoms with Crippen LogP contribution in [0.4, 0.5) is 5.69 Å². The number of benzene rings is 1. The Balaban J connectivity index is 2.43. The molecule has 2 nitrogen and oxygen atoms in total. The van der Waals surface area contributed by atoms with E-state index in [1.807, 2.05) is 12.1 Å². The van der Waals surface area contributed by atoms with Crippen LogP contribution in [0.2, 0.25) is 0 Å². The molecule has 0 aliphatic heterocycles. The lowest BCUT2D eigenvalue weighted by Crippen LogP contribution is -2.08. The van der Waals surface area contributed by atoms with Gasteiger partial charge in [0.25, 0.3) is 0 Å². The summed E-state index contributed by atoms with van der Waals surface area (Å²) < 4.78 is 1.17. The van der Waals surface area contributed by atoms with E-state index in [0.29, 0.717) is 0 Å². The molecule has 1 amide bonds. The quantitative estimate of drug-likeness (QED) is 0.820. The molecule has 3 heteroatoms. The summed E-state index contributed by atoms with van der Waals surface area (Å²) in [5.41, 5.74) is 3.64. The first-order valence-electron chi connectivity index (χ1n) is 4.76. The molecule has 0 radical (unpaired) electrons. The number of hydrogen-bond acceptors (Lipinski definition) is 1. The Hall–Kier alpha value is -0.830. The van der Waals surface area contributed by atoms with E-state index in [-0.39, 0.29) is 5.91 Å². The standard InChI is InChI=1S/C11H12BrNO/c1-7(14)13-11-6-5-10(12)8-3-2-4-9(8)11/h5-6H,2-4H2,1H3,(H,13,14). The van der Waals surface area contributed by atoms with Gasteiger partial charge in [-0.3, -0.25) is 4.79 Å². The second-order valence-electron chi connectivity index (χ2n) is 3.59. The molecular weight excluding hydrogens is 242 g/mol. The van der Waals surface area contributed by atoms with Crippen molar-refractivity contribution in [2.45, 2.75) is 26.2 Å². The van der Waals surface area contributed by atoms with E-state index in [2.05, 4.69) is 21.2 Å². The van der Waals surface area contributed by atoms with Crippen LogP contribution < -0.4 is 5.32 Å². The van der Waals surface area contributed by atoms with E-state index in [0.717, 1.165) is 18.5 Å². The highest BCUT2D eigenvalue weighted by molar-refractivity contribution is 9.10. The van der Waals surface area contributed by atoms with Crippen LogP contribution in [0.1, 0.15) is 24.5 Å². The molecule has 1 aliphatic rings. The molecule has 1 aliphatic carbocycles. The molecule has 74 valence electrons. The Labute approximate surface area is 91.8 Å². The second-order valence-corrected chi connectivity index (χ2v) is 4.44. The van der Waals surface area contributed by atoms with Crippen molar-refractivity contribution in [1.29, 1.82) is 0 Å². The molecule has 0 saturated carbocycles. The maximum Gasteiger partial charge on any atom is 0.221 e. The maximum atomic E-state index is 11.0. The molecule has 0 bridgehead atoms. The summed E-state index contributed by atoms with van der Waals surface area (Å²) >= 11 is 3.53. The van der Waals surface area contributed by atoms with Crippen molar-refractivity contribution in [3.05, 3.63) is 27.7 Å². The van der Waals surface area contributed by atoms with Gasteiger partial charge in [-0.2, -0.15) is 0 Å². The topological polar surface area (TPSA) is 29.1 Å². The van der Waals surface area contributed by atoms with E-state index in [1.54, 1.807) is 6.92 Å².